The fourth-order valence-electron chi connectivity index (χ4n) is 2.26. The number of halogens is 4. The van der Waals surface area contributed by atoms with E-state index in [-0.39, 0.29) is 0 Å². The van der Waals surface area contributed by atoms with E-state index >= 15 is 0 Å². The van der Waals surface area contributed by atoms with E-state index in [1.807, 2.05) is 30.5 Å². The molecule has 2 aromatic carbocycles. The topological polar surface area (TPSA) is 25.8 Å². The van der Waals surface area contributed by atoms with Gasteiger partial charge in [-0.2, -0.15) is 13.2 Å². The SMILES string of the molecule is FC(F)(F)c1ccc2ccc(Br)cc2n1.c1ccc2ncccc2c1. The van der Waals surface area contributed by atoms with Crippen LogP contribution in [0.25, 0.3) is 21.8 Å². The number of aromatic nitrogens is 2. The second-order valence-electron chi connectivity index (χ2n) is 5.23. The van der Waals surface area contributed by atoms with Gasteiger partial charge >= 0.3 is 6.18 Å². The number of hydrogen-bond acceptors (Lipinski definition) is 2. The number of hydrogen-bond donors (Lipinski definition) is 0. The first kappa shape index (κ1) is 17.4. The highest BCUT2D eigenvalue weighted by Gasteiger charge is 2.32. The smallest absolute Gasteiger partial charge is 0.256 e. The molecule has 0 spiro atoms. The minimum Gasteiger partial charge on any atom is -0.256 e. The van der Waals surface area contributed by atoms with Crippen LogP contribution in [0, 0.1) is 0 Å². The van der Waals surface area contributed by atoms with Crippen molar-refractivity contribution in [1.82, 2.24) is 9.97 Å². The van der Waals surface area contributed by atoms with Crippen LogP contribution < -0.4 is 0 Å². The van der Waals surface area contributed by atoms with E-state index in [0.29, 0.717) is 15.4 Å². The number of fused-ring (bicyclic) bond motifs is 2. The lowest BCUT2D eigenvalue weighted by atomic mass is 10.2. The van der Waals surface area contributed by atoms with Gasteiger partial charge in [0.05, 0.1) is 11.0 Å². The number of rotatable bonds is 0. The maximum Gasteiger partial charge on any atom is 0.433 e. The first-order valence-corrected chi connectivity index (χ1v) is 8.16. The van der Waals surface area contributed by atoms with Crippen LogP contribution in [0.4, 0.5) is 13.2 Å². The highest BCUT2D eigenvalue weighted by molar-refractivity contribution is 9.10. The average Bonchev–Trinajstić information content (AvgIpc) is 2.61. The van der Waals surface area contributed by atoms with E-state index in [2.05, 4.69) is 38.0 Å². The molecule has 0 aliphatic heterocycles. The second-order valence-corrected chi connectivity index (χ2v) is 6.14. The summed E-state index contributed by atoms with van der Waals surface area (Å²) >= 11 is 3.19. The van der Waals surface area contributed by atoms with Crippen LogP contribution in [0.15, 0.2) is 77.4 Å². The van der Waals surface area contributed by atoms with Crippen molar-refractivity contribution >= 4 is 37.7 Å². The Morgan fingerprint density at radius 1 is 0.760 bits per heavy atom. The highest BCUT2D eigenvalue weighted by Crippen LogP contribution is 2.29. The molecule has 126 valence electrons. The lowest BCUT2D eigenvalue weighted by Crippen LogP contribution is -2.07. The maximum absolute atomic E-state index is 12.3. The largest absolute Gasteiger partial charge is 0.433 e. The Bertz CT molecular complexity index is 950. The first-order chi connectivity index (χ1) is 11.9. The molecule has 0 aliphatic rings. The Kier molecular flexibility index (Phi) is 4.99. The number of nitrogens with zero attached hydrogens (tertiary/aromatic N) is 2. The van der Waals surface area contributed by atoms with E-state index < -0.39 is 11.9 Å². The zero-order chi connectivity index (χ0) is 17.9. The molecule has 0 aliphatic carbocycles. The number of benzene rings is 2. The highest BCUT2D eigenvalue weighted by atomic mass is 79.9. The van der Waals surface area contributed by atoms with Gasteiger partial charge in [0.25, 0.3) is 0 Å². The van der Waals surface area contributed by atoms with Crippen LogP contribution in [0.3, 0.4) is 0 Å². The quantitative estimate of drug-likeness (QED) is 0.346. The zero-order valence-electron chi connectivity index (χ0n) is 12.8. The number of pyridine rings is 2. The van der Waals surface area contributed by atoms with Crippen molar-refractivity contribution in [3.8, 4) is 0 Å². The Morgan fingerprint density at radius 3 is 2.20 bits per heavy atom. The lowest BCUT2D eigenvalue weighted by molar-refractivity contribution is -0.140. The summed E-state index contributed by atoms with van der Waals surface area (Å²) in [7, 11) is 0. The summed E-state index contributed by atoms with van der Waals surface area (Å²) in [6, 6.07) is 19.5. The first-order valence-electron chi connectivity index (χ1n) is 7.37. The fraction of sp³-hybridized carbons (Fsp3) is 0.0526. The molecular weight excluding hydrogens is 393 g/mol. The standard InChI is InChI=1S/C10H5BrF3N.C9H7N/c11-7-3-1-6-2-4-9(10(12,13)14)15-8(6)5-7;1-2-6-9-8(4-1)5-3-7-10-9/h1-5H;1-7H. The molecule has 0 unspecified atom stereocenters. The van der Waals surface area contributed by atoms with E-state index in [0.717, 1.165) is 11.6 Å². The van der Waals surface area contributed by atoms with E-state index in [1.54, 1.807) is 18.2 Å². The molecule has 0 atom stereocenters. The van der Waals surface area contributed by atoms with Crippen molar-refractivity contribution in [3.63, 3.8) is 0 Å². The Labute approximate surface area is 150 Å². The minimum absolute atomic E-state index is 0.333. The van der Waals surface area contributed by atoms with Crippen LogP contribution in [0.2, 0.25) is 0 Å². The summed E-state index contributed by atoms with van der Waals surface area (Å²) in [5, 5.41) is 1.89. The van der Waals surface area contributed by atoms with Crippen LogP contribution in [0.5, 0.6) is 0 Å². The van der Waals surface area contributed by atoms with Crippen molar-refractivity contribution in [1.29, 1.82) is 0 Å². The predicted octanol–water partition coefficient (Wildman–Crippen LogP) is 6.25. The Hall–Kier alpha value is -2.47. The van der Waals surface area contributed by atoms with Crippen molar-refractivity contribution < 1.29 is 13.2 Å². The normalized spacial score (nSPS) is 11.2. The third kappa shape index (κ3) is 4.33. The summed E-state index contributed by atoms with van der Waals surface area (Å²) < 4.78 is 37.7. The van der Waals surface area contributed by atoms with E-state index in [4.69, 9.17) is 0 Å². The summed E-state index contributed by atoms with van der Waals surface area (Å²) in [5.41, 5.74) is 0.525. The molecule has 4 aromatic rings. The van der Waals surface area contributed by atoms with Gasteiger partial charge in [-0.15, -0.1) is 0 Å². The maximum atomic E-state index is 12.3. The molecule has 4 rings (SSSR count). The van der Waals surface area contributed by atoms with Gasteiger partial charge in [0, 0.05) is 21.4 Å². The Balaban J connectivity index is 0.000000157. The zero-order valence-corrected chi connectivity index (χ0v) is 14.4. The predicted molar refractivity (Wildman–Crippen MR) is 96.2 cm³/mol. The molecule has 2 aromatic heterocycles. The van der Waals surface area contributed by atoms with Gasteiger partial charge < -0.3 is 0 Å². The molecule has 0 bridgehead atoms. The molecule has 25 heavy (non-hydrogen) atoms. The molecule has 2 nitrogen and oxygen atoms in total. The third-order valence-electron chi connectivity index (χ3n) is 3.46. The van der Waals surface area contributed by atoms with Crippen LogP contribution in [0.1, 0.15) is 5.69 Å². The second kappa shape index (κ2) is 7.19. The molecule has 0 amide bonds. The molecule has 0 fully saturated rings. The van der Waals surface area contributed by atoms with Crippen LogP contribution in [-0.2, 0) is 6.18 Å². The number of alkyl halides is 3. The van der Waals surface area contributed by atoms with Gasteiger partial charge in [0.2, 0.25) is 0 Å². The van der Waals surface area contributed by atoms with Crippen LogP contribution >= 0.6 is 15.9 Å². The molecule has 0 radical (unpaired) electrons. The molecular formula is C19H12BrF3N2. The van der Waals surface area contributed by atoms with Gasteiger partial charge in [0.15, 0.2) is 0 Å². The minimum atomic E-state index is -4.39. The lowest BCUT2D eigenvalue weighted by Gasteiger charge is -2.06. The van der Waals surface area contributed by atoms with Crippen molar-refractivity contribution in [3.05, 3.63) is 83.1 Å². The van der Waals surface area contributed by atoms with Crippen molar-refractivity contribution in [2.24, 2.45) is 0 Å². The van der Waals surface area contributed by atoms with Crippen molar-refractivity contribution in [2.75, 3.05) is 0 Å². The Morgan fingerprint density at radius 2 is 1.44 bits per heavy atom. The van der Waals surface area contributed by atoms with E-state index in [1.165, 1.54) is 11.5 Å². The molecule has 0 saturated carbocycles. The summed E-state index contributed by atoms with van der Waals surface area (Å²) in [4.78, 5) is 7.73. The molecule has 0 N–H and O–H groups in total. The van der Waals surface area contributed by atoms with Gasteiger partial charge in [-0.05, 0) is 30.3 Å². The monoisotopic (exact) mass is 404 g/mol. The van der Waals surface area contributed by atoms with Crippen LogP contribution in [-0.4, -0.2) is 9.97 Å². The van der Waals surface area contributed by atoms with Gasteiger partial charge in [0.1, 0.15) is 5.69 Å². The van der Waals surface area contributed by atoms with Gasteiger partial charge in [-0.25, -0.2) is 4.98 Å². The summed E-state index contributed by atoms with van der Waals surface area (Å²) in [6.07, 6.45) is -2.58. The molecule has 6 heteroatoms. The summed E-state index contributed by atoms with van der Waals surface area (Å²) in [6.45, 7) is 0. The van der Waals surface area contributed by atoms with Gasteiger partial charge in [-0.3, -0.25) is 4.98 Å². The molecule has 0 saturated heterocycles. The third-order valence-corrected chi connectivity index (χ3v) is 3.95. The fourth-order valence-corrected chi connectivity index (χ4v) is 2.61. The van der Waals surface area contributed by atoms with Crippen molar-refractivity contribution in [2.45, 2.75) is 6.18 Å². The number of para-hydroxylation sites is 1. The van der Waals surface area contributed by atoms with Gasteiger partial charge in [-0.1, -0.05) is 52.3 Å². The summed E-state index contributed by atoms with van der Waals surface area (Å²) in [5.74, 6) is 0. The van der Waals surface area contributed by atoms with E-state index in [9.17, 15) is 13.2 Å². The molecule has 2 heterocycles. The average molecular weight is 405 g/mol.